The van der Waals surface area contributed by atoms with Crippen LogP contribution >= 0.6 is 0 Å². The van der Waals surface area contributed by atoms with Crippen molar-refractivity contribution < 1.29 is 9.15 Å². The summed E-state index contributed by atoms with van der Waals surface area (Å²) in [4.78, 5) is 21.4. The monoisotopic (exact) mass is 321 g/mol. The van der Waals surface area contributed by atoms with Crippen molar-refractivity contribution in [3.63, 3.8) is 0 Å². The van der Waals surface area contributed by atoms with Gasteiger partial charge >= 0.3 is 0 Å². The zero-order chi connectivity index (χ0) is 16.5. The first-order valence-corrected chi connectivity index (χ1v) is 7.70. The minimum atomic E-state index is -0.216. The van der Waals surface area contributed by atoms with Gasteiger partial charge in [-0.3, -0.25) is 14.3 Å². The largest absolute Gasteiger partial charge is 0.492 e. The SMILES string of the molecule is CCOc1ccc(Cn2cnc3c(oc4ccccc43)c2=O)nc1. The predicted molar refractivity (Wildman–Crippen MR) is 90.3 cm³/mol. The lowest BCUT2D eigenvalue weighted by molar-refractivity contribution is 0.338. The number of ether oxygens (including phenoxy) is 1. The predicted octanol–water partition coefficient (Wildman–Crippen LogP) is 2.98. The Morgan fingerprint density at radius 2 is 2.04 bits per heavy atom. The molecule has 0 amide bonds. The minimum Gasteiger partial charge on any atom is -0.492 e. The Balaban J connectivity index is 1.73. The second-order valence-corrected chi connectivity index (χ2v) is 5.37. The molecule has 1 aromatic carbocycles. The number of furan rings is 1. The Hall–Kier alpha value is -3.15. The molecule has 6 heteroatoms. The zero-order valence-corrected chi connectivity index (χ0v) is 13.1. The van der Waals surface area contributed by atoms with Crippen LogP contribution < -0.4 is 10.3 Å². The Kier molecular flexibility index (Phi) is 3.49. The van der Waals surface area contributed by atoms with Crippen LogP contribution in [0.4, 0.5) is 0 Å². The molecule has 3 heterocycles. The smallest absolute Gasteiger partial charge is 0.297 e. The molecule has 120 valence electrons. The molecule has 0 unspecified atom stereocenters. The van der Waals surface area contributed by atoms with Crippen molar-refractivity contribution in [3.05, 3.63) is 65.0 Å². The van der Waals surface area contributed by atoms with Gasteiger partial charge in [-0.15, -0.1) is 0 Å². The molecule has 6 nitrogen and oxygen atoms in total. The summed E-state index contributed by atoms with van der Waals surface area (Å²) in [6, 6.07) is 11.2. The third-order valence-electron chi connectivity index (χ3n) is 3.79. The summed E-state index contributed by atoms with van der Waals surface area (Å²) in [5.41, 5.74) is 2.05. The van der Waals surface area contributed by atoms with Crippen molar-refractivity contribution in [2.24, 2.45) is 0 Å². The summed E-state index contributed by atoms with van der Waals surface area (Å²) in [5, 5.41) is 0.843. The number of pyridine rings is 1. The van der Waals surface area contributed by atoms with E-state index >= 15 is 0 Å². The molecule has 0 fully saturated rings. The van der Waals surface area contributed by atoms with Gasteiger partial charge in [0.15, 0.2) is 0 Å². The number of aromatic nitrogens is 3. The number of fused-ring (bicyclic) bond motifs is 3. The van der Waals surface area contributed by atoms with Gasteiger partial charge in [-0.1, -0.05) is 12.1 Å². The maximum atomic E-state index is 12.6. The molecule has 0 spiro atoms. The van der Waals surface area contributed by atoms with Crippen LogP contribution in [0.5, 0.6) is 5.75 Å². The topological polar surface area (TPSA) is 70.2 Å². The average molecular weight is 321 g/mol. The van der Waals surface area contributed by atoms with Gasteiger partial charge < -0.3 is 9.15 Å². The van der Waals surface area contributed by atoms with E-state index in [1.165, 1.54) is 10.9 Å². The quantitative estimate of drug-likeness (QED) is 0.578. The van der Waals surface area contributed by atoms with E-state index in [0.29, 0.717) is 30.0 Å². The molecule has 4 rings (SSSR count). The summed E-state index contributed by atoms with van der Waals surface area (Å²) in [6.45, 7) is 2.83. The number of hydrogen-bond acceptors (Lipinski definition) is 5. The van der Waals surface area contributed by atoms with E-state index < -0.39 is 0 Å². The van der Waals surface area contributed by atoms with Crippen LogP contribution in [0.25, 0.3) is 22.1 Å². The molecule has 24 heavy (non-hydrogen) atoms. The summed E-state index contributed by atoms with van der Waals surface area (Å²) in [7, 11) is 0. The van der Waals surface area contributed by atoms with Crippen molar-refractivity contribution >= 4 is 22.1 Å². The van der Waals surface area contributed by atoms with E-state index in [4.69, 9.17) is 9.15 Å². The molecule has 0 saturated carbocycles. The number of nitrogens with zero attached hydrogens (tertiary/aromatic N) is 3. The molecule has 4 aromatic rings. The summed E-state index contributed by atoms with van der Waals surface area (Å²) in [6.07, 6.45) is 3.18. The fourth-order valence-electron chi connectivity index (χ4n) is 2.66. The van der Waals surface area contributed by atoms with Crippen LogP contribution in [-0.2, 0) is 6.54 Å². The highest BCUT2D eigenvalue weighted by molar-refractivity contribution is 6.01. The van der Waals surface area contributed by atoms with Gasteiger partial charge in [0.2, 0.25) is 5.58 Å². The number of benzene rings is 1. The minimum absolute atomic E-state index is 0.216. The normalized spacial score (nSPS) is 11.2. The molecule has 0 aliphatic heterocycles. The third kappa shape index (κ3) is 2.42. The van der Waals surface area contributed by atoms with Crippen molar-refractivity contribution in [2.45, 2.75) is 13.5 Å². The molecule has 3 aromatic heterocycles. The van der Waals surface area contributed by atoms with Crippen LogP contribution in [0, 0.1) is 0 Å². The number of para-hydroxylation sites is 1. The Bertz CT molecular complexity index is 1060. The molecule has 0 radical (unpaired) electrons. The van der Waals surface area contributed by atoms with E-state index in [1.807, 2.05) is 43.3 Å². The second kappa shape index (κ2) is 5.81. The summed E-state index contributed by atoms with van der Waals surface area (Å²) >= 11 is 0. The van der Waals surface area contributed by atoms with E-state index in [1.54, 1.807) is 6.20 Å². The first-order valence-electron chi connectivity index (χ1n) is 7.70. The fourth-order valence-corrected chi connectivity index (χ4v) is 2.66. The van der Waals surface area contributed by atoms with Crippen molar-refractivity contribution in [2.75, 3.05) is 6.61 Å². The van der Waals surface area contributed by atoms with Gasteiger partial charge in [0.1, 0.15) is 16.8 Å². The van der Waals surface area contributed by atoms with E-state index in [2.05, 4.69) is 9.97 Å². The van der Waals surface area contributed by atoms with Crippen LogP contribution in [0.15, 0.2) is 58.1 Å². The van der Waals surface area contributed by atoms with Crippen molar-refractivity contribution in [1.82, 2.24) is 14.5 Å². The van der Waals surface area contributed by atoms with Gasteiger partial charge in [0, 0.05) is 5.39 Å². The summed E-state index contributed by atoms with van der Waals surface area (Å²) in [5.74, 6) is 0.708. The first-order chi connectivity index (χ1) is 11.8. The van der Waals surface area contributed by atoms with E-state index in [-0.39, 0.29) is 11.1 Å². The molecule has 0 aliphatic rings. The molecular formula is C18H15N3O3. The van der Waals surface area contributed by atoms with Crippen LogP contribution in [0.3, 0.4) is 0 Å². The van der Waals surface area contributed by atoms with E-state index in [0.717, 1.165) is 11.1 Å². The van der Waals surface area contributed by atoms with Crippen LogP contribution in [0.1, 0.15) is 12.6 Å². The lowest BCUT2D eigenvalue weighted by Gasteiger charge is -2.06. The number of hydrogen-bond donors (Lipinski definition) is 0. The highest BCUT2D eigenvalue weighted by atomic mass is 16.5. The Morgan fingerprint density at radius 3 is 2.83 bits per heavy atom. The maximum absolute atomic E-state index is 12.6. The molecule has 0 aliphatic carbocycles. The Morgan fingerprint density at radius 1 is 1.17 bits per heavy atom. The van der Waals surface area contributed by atoms with Gasteiger partial charge in [0.05, 0.1) is 31.4 Å². The van der Waals surface area contributed by atoms with E-state index in [9.17, 15) is 4.79 Å². The standard InChI is InChI=1S/C18H15N3O3/c1-2-23-13-8-7-12(19-9-13)10-21-11-20-16-14-5-3-4-6-15(14)24-17(16)18(21)22/h3-9,11H,2,10H2,1H3. The number of rotatable bonds is 4. The summed E-state index contributed by atoms with van der Waals surface area (Å²) < 4.78 is 12.5. The zero-order valence-electron chi connectivity index (χ0n) is 13.1. The van der Waals surface area contributed by atoms with Crippen LogP contribution in [0.2, 0.25) is 0 Å². The van der Waals surface area contributed by atoms with Gasteiger partial charge in [-0.2, -0.15) is 0 Å². The lowest BCUT2D eigenvalue weighted by Crippen LogP contribution is -2.21. The van der Waals surface area contributed by atoms with Gasteiger partial charge in [0.25, 0.3) is 5.56 Å². The molecule has 0 atom stereocenters. The molecule has 0 N–H and O–H groups in total. The highest BCUT2D eigenvalue weighted by Crippen LogP contribution is 2.24. The lowest BCUT2D eigenvalue weighted by atomic mass is 10.2. The Labute approximate surface area is 137 Å². The molecule has 0 bridgehead atoms. The second-order valence-electron chi connectivity index (χ2n) is 5.37. The molecule has 0 saturated heterocycles. The fraction of sp³-hybridized carbons (Fsp3) is 0.167. The first kappa shape index (κ1) is 14.4. The van der Waals surface area contributed by atoms with Gasteiger partial charge in [-0.05, 0) is 31.2 Å². The third-order valence-corrected chi connectivity index (χ3v) is 3.79. The maximum Gasteiger partial charge on any atom is 0.297 e. The van der Waals surface area contributed by atoms with Crippen LogP contribution in [-0.4, -0.2) is 21.1 Å². The highest BCUT2D eigenvalue weighted by Gasteiger charge is 2.13. The van der Waals surface area contributed by atoms with Crippen molar-refractivity contribution in [1.29, 1.82) is 0 Å². The average Bonchev–Trinajstić information content (AvgIpc) is 2.99. The van der Waals surface area contributed by atoms with Crippen molar-refractivity contribution in [3.8, 4) is 5.75 Å². The van der Waals surface area contributed by atoms with Gasteiger partial charge in [-0.25, -0.2) is 4.98 Å². The molecular weight excluding hydrogens is 306 g/mol.